The van der Waals surface area contributed by atoms with Crippen LogP contribution in [0.5, 0.6) is 0 Å². The number of carboxylic acid groups (broad SMARTS) is 1. The Morgan fingerprint density at radius 1 is 1.27 bits per heavy atom. The molecule has 3 aliphatic heterocycles. The van der Waals surface area contributed by atoms with Crippen molar-refractivity contribution in [2.45, 2.75) is 56.0 Å². The van der Waals surface area contributed by atoms with Crippen LogP contribution in [0, 0.1) is 5.92 Å². The Bertz CT molecular complexity index is 806. The molecule has 2 bridgehead atoms. The lowest BCUT2D eigenvalue weighted by molar-refractivity contribution is -0.102. The first kappa shape index (κ1) is 20.7. The van der Waals surface area contributed by atoms with Gasteiger partial charge in [0.1, 0.15) is 6.17 Å². The molecule has 3 saturated heterocycles. The molecule has 30 heavy (non-hydrogen) atoms. The summed E-state index contributed by atoms with van der Waals surface area (Å²) >= 11 is 0. The predicted octanol–water partition coefficient (Wildman–Crippen LogP) is 3.07. The number of carbonyl (C=O) groups excluding carboxylic acids is 1. The molecule has 5 unspecified atom stereocenters. The van der Waals surface area contributed by atoms with Gasteiger partial charge >= 0.3 is 12.2 Å². The number of anilines is 2. The first-order chi connectivity index (χ1) is 14.4. The molecule has 164 valence electrons. The van der Waals surface area contributed by atoms with Crippen molar-refractivity contribution in [2.75, 3.05) is 30.4 Å². The summed E-state index contributed by atoms with van der Waals surface area (Å²) in [4.78, 5) is 26.8. The maximum absolute atomic E-state index is 15.4. The molecule has 9 heteroatoms. The largest absolute Gasteiger partial charge is 0.465 e. The Morgan fingerprint density at radius 3 is 2.67 bits per heavy atom. The van der Waals surface area contributed by atoms with Crippen LogP contribution in [0.2, 0.25) is 0 Å². The molecular formula is C21H28FN3O5. The fourth-order valence-corrected chi connectivity index (χ4v) is 5.72. The molecule has 0 radical (unpaired) electrons. The molecule has 2 amide bonds. The quantitative estimate of drug-likeness (QED) is 0.693. The fourth-order valence-electron chi connectivity index (χ4n) is 5.72. The third kappa shape index (κ3) is 3.34. The zero-order valence-corrected chi connectivity index (χ0v) is 17.0. The van der Waals surface area contributed by atoms with E-state index in [0.717, 1.165) is 25.1 Å². The molecule has 5 atom stereocenters. The van der Waals surface area contributed by atoms with E-state index in [9.17, 15) is 19.8 Å². The van der Waals surface area contributed by atoms with Gasteiger partial charge in [0, 0.05) is 36.4 Å². The summed E-state index contributed by atoms with van der Waals surface area (Å²) in [6.07, 6.45) is -1.60. The normalized spacial score (nSPS) is 33.3. The van der Waals surface area contributed by atoms with Gasteiger partial charge in [-0.3, -0.25) is 10.2 Å². The fraction of sp³-hybridized carbons (Fsp3) is 0.619. The van der Waals surface area contributed by atoms with Gasteiger partial charge in [0.15, 0.2) is 0 Å². The molecule has 4 rings (SSSR count). The van der Waals surface area contributed by atoms with Crippen LogP contribution < -0.4 is 10.2 Å². The summed E-state index contributed by atoms with van der Waals surface area (Å²) in [5.41, 5.74) is 0.363. The molecule has 3 fully saturated rings. The third-order valence-electron chi connectivity index (χ3n) is 7.02. The van der Waals surface area contributed by atoms with Crippen LogP contribution in [0.4, 0.5) is 25.4 Å². The van der Waals surface area contributed by atoms with Crippen LogP contribution in [-0.4, -0.2) is 71.4 Å². The van der Waals surface area contributed by atoms with Crippen LogP contribution in [0.1, 0.15) is 32.1 Å². The van der Waals surface area contributed by atoms with Gasteiger partial charge in [0.25, 0.3) is 0 Å². The first-order valence-electron chi connectivity index (χ1n) is 10.4. The average molecular weight is 421 g/mol. The summed E-state index contributed by atoms with van der Waals surface area (Å²) in [7, 11) is 1.30. The number of amides is 2. The lowest BCUT2D eigenvalue weighted by Gasteiger charge is -2.53. The average Bonchev–Trinajstić information content (AvgIpc) is 3.08. The third-order valence-corrected chi connectivity index (χ3v) is 7.02. The minimum Gasteiger partial charge on any atom is -0.465 e. The topological polar surface area (TPSA) is 102 Å². The van der Waals surface area contributed by atoms with E-state index in [0.29, 0.717) is 25.1 Å². The van der Waals surface area contributed by atoms with Gasteiger partial charge in [-0.05, 0) is 56.4 Å². The number of piperidine rings is 2. The Balaban J connectivity index is 1.56. The number of rotatable bonds is 3. The summed E-state index contributed by atoms with van der Waals surface area (Å²) in [6, 6.07) is 6.97. The lowest BCUT2D eigenvalue weighted by atomic mass is 9.71. The van der Waals surface area contributed by atoms with E-state index in [2.05, 4.69) is 15.0 Å². The van der Waals surface area contributed by atoms with E-state index in [1.54, 1.807) is 12.1 Å². The zero-order chi connectivity index (χ0) is 21.5. The number of aliphatic hydroxyl groups is 1. The predicted molar refractivity (Wildman–Crippen MR) is 109 cm³/mol. The highest BCUT2D eigenvalue weighted by Crippen LogP contribution is 2.52. The van der Waals surface area contributed by atoms with Crippen LogP contribution in [0.3, 0.4) is 0 Å². The minimum atomic E-state index is -1.58. The summed E-state index contributed by atoms with van der Waals surface area (Å²) in [6.45, 7) is 1.31. The molecule has 0 spiro atoms. The summed E-state index contributed by atoms with van der Waals surface area (Å²) in [5, 5.41) is 22.8. The van der Waals surface area contributed by atoms with Crippen molar-refractivity contribution < 1.29 is 28.9 Å². The molecule has 0 saturated carbocycles. The molecule has 8 nitrogen and oxygen atoms in total. The van der Waals surface area contributed by atoms with Gasteiger partial charge in [0.05, 0.1) is 18.8 Å². The van der Waals surface area contributed by atoms with Gasteiger partial charge in [-0.2, -0.15) is 0 Å². The van der Waals surface area contributed by atoms with Crippen molar-refractivity contribution in [3.05, 3.63) is 24.3 Å². The number of nitrogens with one attached hydrogen (secondary N) is 1. The van der Waals surface area contributed by atoms with Crippen LogP contribution in [0.25, 0.3) is 0 Å². The number of hydrogen-bond donors (Lipinski definition) is 3. The van der Waals surface area contributed by atoms with Crippen LogP contribution in [0.15, 0.2) is 24.3 Å². The number of alkyl halides is 1. The number of nitrogens with zero attached hydrogens (tertiary/aromatic N) is 2. The van der Waals surface area contributed by atoms with Crippen molar-refractivity contribution in [1.29, 1.82) is 0 Å². The van der Waals surface area contributed by atoms with Crippen molar-refractivity contribution in [3.63, 3.8) is 0 Å². The maximum Gasteiger partial charge on any atom is 0.411 e. The maximum atomic E-state index is 15.4. The second-order valence-corrected chi connectivity index (χ2v) is 8.49. The smallest absolute Gasteiger partial charge is 0.411 e. The number of aliphatic hydroxyl groups excluding tert-OH is 1. The number of methoxy groups -OCH3 is 1. The van der Waals surface area contributed by atoms with Gasteiger partial charge in [-0.25, -0.2) is 14.0 Å². The highest BCUT2D eigenvalue weighted by Gasteiger charge is 2.63. The summed E-state index contributed by atoms with van der Waals surface area (Å²) < 4.78 is 20.0. The number of fused-ring (bicyclic) bond motifs is 2. The Morgan fingerprint density at radius 2 is 2.00 bits per heavy atom. The molecule has 0 aliphatic carbocycles. The Kier molecular flexibility index (Phi) is 5.48. The standard InChI is InChI=1S/C21H28FN3O5/c1-30-19(27)23-14-4-6-15(7-5-14)24-10-2-3-13(12-24)21-9-8-16(25(21)20(28)29)11-17(26)18(21)22/h4-7,13,16-18,26H,2-3,8-12H2,1H3,(H,23,27)(H,28,29). The number of hydrogen-bond acceptors (Lipinski definition) is 5. The van der Waals surface area contributed by atoms with E-state index < -0.39 is 30.0 Å². The van der Waals surface area contributed by atoms with E-state index in [1.165, 1.54) is 12.0 Å². The van der Waals surface area contributed by atoms with Crippen molar-refractivity contribution >= 4 is 23.6 Å². The molecule has 3 N–H and O–H groups in total. The molecular weight excluding hydrogens is 393 g/mol. The van der Waals surface area contributed by atoms with Crippen molar-refractivity contribution in [3.8, 4) is 0 Å². The monoisotopic (exact) mass is 421 g/mol. The van der Waals surface area contributed by atoms with Crippen LogP contribution >= 0.6 is 0 Å². The number of halogens is 1. The molecule has 3 heterocycles. The zero-order valence-electron chi connectivity index (χ0n) is 17.0. The van der Waals surface area contributed by atoms with Gasteiger partial charge in [-0.1, -0.05) is 0 Å². The van der Waals surface area contributed by atoms with E-state index in [4.69, 9.17) is 0 Å². The summed E-state index contributed by atoms with van der Waals surface area (Å²) in [5.74, 6) is -0.204. The van der Waals surface area contributed by atoms with Gasteiger partial charge < -0.3 is 19.8 Å². The lowest BCUT2D eigenvalue weighted by Crippen LogP contribution is -2.68. The molecule has 0 aromatic heterocycles. The molecule has 1 aromatic rings. The second kappa shape index (κ2) is 7.94. The number of ether oxygens (including phenoxy) is 1. The SMILES string of the molecule is COC(=O)Nc1ccc(N2CCCC(C34CCC(CC(O)C3F)N4C(=O)O)C2)cc1. The Labute approximate surface area is 174 Å². The number of benzene rings is 1. The van der Waals surface area contributed by atoms with Crippen molar-refractivity contribution in [2.24, 2.45) is 5.92 Å². The number of carbonyl (C=O) groups is 2. The van der Waals surface area contributed by atoms with Gasteiger partial charge in [-0.15, -0.1) is 0 Å². The second-order valence-electron chi connectivity index (χ2n) is 8.49. The molecule has 3 aliphatic rings. The van der Waals surface area contributed by atoms with E-state index >= 15 is 4.39 Å². The van der Waals surface area contributed by atoms with Gasteiger partial charge in [0.2, 0.25) is 0 Å². The Hall–Kier alpha value is -2.55. The van der Waals surface area contributed by atoms with E-state index in [-0.39, 0.29) is 18.4 Å². The van der Waals surface area contributed by atoms with Crippen molar-refractivity contribution in [1.82, 2.24) is 4.90 Å². The van der Waals surface area contributed by atoms with Crippen LogP contribution in [-0.2, 0) is 4.74 Å². The van der Waals surface area contributed by atoms with E-state index in [1.807, 2.05) is 12.1 Å². The molecule has 1 aromatic carbocycles. The minimum absolute atomic E-state index is 0.167. The first-order valence-corrected chi connectivity index (χ1v) is 10.4. The highest BCUT2D eigenvalue weighted by atomic mass is 19.1. The highest BCUT2D eigenvalue weighted by molar-refractivity contribution is 5.84.